The Labute approximate surface area is 212 Å². The zero-order chi connectivity index (χ0) is 24.4. The standard InChI is InChI=1S/C34H28N2/c1-23-11-10-12-24-22-35(30-16-7-4-13-26(23)30)33-20-19-25(21-29(33)34(24,2)3)36-31-17-8-5-14-27(31)28-15-6-9-18-32(28)36/h4-21H,1,22H2,2-3H3/b11-10-,24-12+. The molecule has 0 aliphatic carbocycles. The molecule has 0 fully saturated rings. The molecule has 0 amide bonds. The summed E-state index contributed by atoms with van der Waals surface area (Å²) in [6, 6.07) is 33.1. The first-order valence-corrected chi connectivity index (χ1v) is 12.6. The monoisotopic (exact) mass is 464 g/mol. The van der Waals surface area contributed by atoms with Crippen LogP contribution in [0.5, 0.6) is 0 Å². The van der Waals surface area contributed by atoms with Crippen molar-refractivity contribution in [3.63, 3.8) is 0 Å². The van der Waals surface area contributed by atoms with Gasteiger partial charge < -0.3 is 9.47 Å². The molecule has 0 atom stereocenters. The van der Waals surface area contributed by atoms with E-state index in [-0.39, 0.29) is 5.41 Å². The van der Waals surface area contributed by atoms with Crippen LogP contribution in [0.1, 0.15) is 25.0 Å². The fraction of sp³-hybridized carbons (Fsp3) is 0.118. The molecule has 0 N–H and O–H groups in total. The van der Waals surface area contributed by atoms with E-state index in [1.54, 1.807) is 0 Å². The Hall–Kier alpha value is -4.30. The number of benzene rings is 4. The number of hydrogen-bond acceptors (Lipinski definition) is 1. The van der Waals surface area contributed by atoms with Crippen molar-refractivity contribution in [3.05, 3.63) is 133 Å². The molecule has 4 aromatic carbocycles. The number of nitrogens with zero attached hydrogens (tertiary/aromatic N) is 2. The molecule has 0 unspecified atom stereocenters. The molecule has 5 aromatic rings. The smallest absolute Gasteiger partial charge is 0.0541 e. The van der Waals surface area contributed by atoms with Crippen LogP contribution in [-0.4, -0.2) is 11.1 Å². The number of allylic oxidation sites excluding steroid dienone is 4. The lowest BCUT2D eigenvalue weighted by Crippen LogP contribution is -2.37. The first-order chi connectivity index (χ1) is 17.5. The van der Waals surface area contributed by atoms with Gasteiger partial charge >= 0.3 is 0 Å². The number of hydrogen-bond donors (Lipinski definition) is 0. The molecular weight excluding hydrogens is 436 g/mol. The highest BCUT2D eigenvalue weighted by atomic mass is 15.2. The summed E-state index contributed by atoms with van der Waals surface area (Å²) in [4.78, 5) is 2.47. The van der Waals surface area contributed by atoms with Crippen molar-refractivity contribution < 1.29 is 0 Å². The molecule has 2 aliphatic rings. The summed E-state index contributed by atoms with van der Waals surface area (Å²) in [6.45, 7) is 9.95. The topological polar surface area (TPSA) is 8.17 Å². The summed E-state index contributed by atoms with van der Waals surface area (Å²) >= 11 is 0. The Balaban J connectivity index is 1.52. The van der Waals surface area contributed by atoms with Crippen LogP contribution in [0.15, 0.2) is 121 Å². The van der Waals surface area contributed by atoms with Gasteiger partial charge in [-0.05, 0) is 53.1 Å². The molecule has 0 spiro atoms. The summed E-state index contributed by atoms with van der Waals surface area (Å²) in [5, 5.41) is 2.58. The number of rotatable bonds is 1. The van der Waals surface area contributed by atoms with Gasteiger partial charge in [-0.1, -0.05) is 93.3 Å². The molecule has 2 bridgehead atoms. The van der Waals surface area contributed by atoms with Gasteiger partial charge in [-0.3, -0.25) is 0 Å². The molecule has 2 nitrogen and oxygen atoms in total. The lowest BCUT2D eigenvalue weighted by Gasteiger charge is -2.43. The van der Waals surface area contributed by atoms with Crippen LogP contribution in [0.2, 0.25) is 0 Å². The number of anilines is 2. The van der Waals surface area contributed by atoms with Crippen molar-refractivity contribution in [2.24, 2.45) is 0 Å². The van der Waals surface area contributed by atoms with Gasteiger partial charge in [-0.2, -0.15) is 0 Å². The predicted octanol–water partition coefficient (Wildman–Crippen LogP) is 8.72. The number of aromatic nitrogens is 1. The van der Waals surface area contributed by atoms with Gasteiger partial charge in [0.25, 0.3) is 0 Å². The Morgan fingerprint density at radius 2 is 1.42 bits per heavy atom. The van der Waals surface area contributed by atoms with Crippen LogP contribution >= 0.6 is 0 Å². The van der Waals surface area contributed by atoms with Crippen LogP contribution in [-0.2, 0) is 5.41 Å². The van der Waals surface area contributed by atoms with Gasteiger partial charge in [-0.15, -0.1) is 0 Å². The summed E-state index contributed by atoms with van der Waals surface area (Å²) in [6.07, 6.45) is 6.60. The van der Waals surface area contributed by atoms with Crippen LogP contribution in [0.25, 0.3) is 33.1 Å². The molecule has 0 saturated carbocycles. The van der Waals surface area contributed by atoms with Crippen molar-refractivity contribution in [2.45, 2.75) is 19.3 Å². The average molecular weight is 465 g/mol. The highest BCUT2D eigenvalue weighted by Crippen LogP contribution is 2.48. The predicted molar refractivity (Wildman–Crippen MR) is 154 cm³/mol. The summed E-state index contributed by atoms with van der Waals surface area (Å²) in [5.74, 6) is 0. The van der Waals surface area contributed by atoms with Crippen LogP contribution in [0.3, 0.4) is 0 Å². The SMILES string of the molecule is C=C1/C=C\C=C2/CN(c3ccccc31)c1ccc(-n3c4ccccc4c4ccccc43)cc1C2(C)C. The van der Waals surface area contributed by atoms with Crippen molar-refractivity contribution in [3.8, 4) is 5.69 Å². The lowest BCUT2D eigenvalue weighted by atomic mass is 9.73. The molecule has 2 heteroatoms. The minimum absolute atomic E-state index is 0.106. The highest BCUT2D eigenvalue weighted by molar-refractivity contribution is 6.09. The quantitative estimate of drug-likeness (QED) is 0.241. The Morgan fingerprint density at radius 3 is 2.17 bits per heavy atom. The maximum absolute atomic E-state index is 4.37. The first-order valence-electron chi connectivity index (χ1n) is 12.6. The van der Waals surface area contributed by atoms with Crippen LogP contribution in [0.4, 0.5) is 11.4 Å². The second-order valence-corrected chi connectivity index (χ2v) is 10.4. The van der Waals surface area contributed by atoms with E-state index in [1.165, 1.54) is 55.6 Å². The fourth-order valence-electron chi connectivity index (χ4n) is 6.05. The maximum atomic E-state index is 4.37. The molecule has 1 aromatic heterocycles. The van der Waals surface area contributed by atoms with Gasteiger partial charge in [0.05, 0.1) is 11.0 Å². The van der Waals surface area contributed by atoms with Crippen molar-refractivity contribution in [1.29, 1.82) is 0 Å². The summed E-state index contributed by atoms with van der Waals surface area (Å²) in [5.41, 5.74) is 11.0. The Bertz CT molecular complexity index is 1710. The van der Waals surface area contributed by atoms with Crippen LogP contribution < -0.4 is 4.90 Å². The van der Waals surface area contributed by atoms with E-state index in [9.17, 15) is 0 Å². The molecule has 0 saturated heterocycles. The van der Waals surface area contributed by atoms with Gasteiger partial charge in [0.2, 0.25) is 0 Å². The van der Waals surface area contributed by atoms with E-state index in [2.05, 4.69) is 139 Å². The molecular formula is C34H28N2. The average Bonchev–Trinajstić information content (AvgIpc) is 3.26. The maximum Gasteiger partial charge on any atom is 0.0541 e. The fourth-order valence-corrected chi connectivity index (χ4v) is 6.05. The Kier molecular flexibility index (Phi) is 4.44. The van der Waals surface area contributed by atoms with Crippen molar-refractivity contribution >= 4 is 38.8 Å². The molecule has 2 aliphatic heterocycles. The van der Waals surface area contributed by atoms with E-state index in [0.717, 1.165) is 12.1 Å². The second-order valence-electron chi connectivity index (χ2n) is 10.4. The number of fused-ring (bicyclic) bond motifs is 9. The van der Waals surface area contributed by atoms with E-state index in [4.69, 9.17) is 0 Å². The minimum atomic E-state index is -0.106. The van der Waals surface area contributed by atoms with E-state index in [1.807, 2.05) is 0 Å². The van der Waals surface area contributed by atoms with E-state index >= 15 is 0 Å². The molecule has 36 heavy (non-hydrogen) atoms. The van der Waals surface area contributed by atoms with Gasteiger partial charge in [0.15, 0.2) is 0 Å². The first kappa shape index (κ1) is 21.0. The van der Waals surface area contributed by atoms with Gasteiger partial charge in [0, 0.05) is 45.4 Å². The summed E-state index contributed by atoms with van der Waals surface area (Å²) < 4.78 is 2.41. The third kappa shape index (κ3) is 2.91. The van der Waals surface area contributed by atoms with E-state index < -0.39 is 0 Å². The normalized spacial score (nSPS) is 18.6. The zero-order valence-corrected chi connectivity index (χ0v) is 20.7. The van der Waals surface area contributed by atoms with Crippen molar-refractivity contribution in [1.82, 2.24) is 4.57 Å². The third-order valence-electron chi connectivity index (χ3n) is 8.05. The molecule has 174 valence electrons. The molecule has 0 radical (unpaired) electrons. The zero-order valence-electron chi connectivity index (χ0n) is 20.7. The molecule has 3 heterocycles. The van der Waals surface area contributed by atoms with Crippen molar-refractivity contribution in [2.75, 3.05) is 11.4 Å². The number of para-hydroxylation sites is 3. The third-order valence-corrected chi connectivity index (χ3v) is 8.05. The van der Waals surface area contributed by atoms with E-state index in [0.29, 0.717) is 0 Å². The summed E-state index contributed by atoms with van der Waals surface area (Å²) in [7, 11) is 0. The van der Waals surface area contributed by atoms with Gasteiger partial charge in [0.1, 0.15) is 0 Å². The second kappa shape index (κ2) is 7.60. The largest absolute Gasteiger partial charge is 0.337 e. The molecule has 7 rings (SSSR count). The van der Waals surface area contributed by atoms with Crippen LogP contribution in [0, 0.1) is 0 Å². The lowest BCUT2D eigenvalue weighted by molar-refractivity contribution is 0.588. The Morgan fingerprint density at radius 1 is 0.750 bits per heavy atom. The minimum Gasteiger partial charge on any atom is -0.337 e. The highest BCUT2D eigenvalue weighted by Gasteiger charge is 2.37. The van der Waals surface area contributed by atoms with Gasteiger partial charge in [-0.25, -0.2) is 0 Å².